The zero-order valence-corrected chi connectivity index (χ0v) is 17.0. The predicted molar refractivity (Wildman–Crippen MR) is 117 cm³/mol. The maximum atomic E-state index is 11.3. The van der Waals surface area contributed by atoms with E-state index < -0.39 is 0 Å². The molecule has 2 aromatic carbocycles. The van der Waals surface area contributed by atoms with Gasteiger partial charge in [-0.3, -0.25) is 4.90 Å². The van der Waals surface area contributed by atoms with Crippen LogP contribution in [-0.2, 0) is 0 Å². The smallest absolute Gasteiger partial charge is 0.323 e. The summed E-state index contributed by atoms with van der Waals surface area (Å²) in [5.74, 6) is 0. The van der Waals surface area contributed by atoms with Crippen molar-refractivity contribution >= 4 is 45.6 Å². The van der Waals surface area contributed by atoms with Crippen molar-refractivity contribution in [3.8, 4) is 0 Å². The second-order valence-electron chi connectivity index (χ2n) is 7.02. The molecule has 1 aliphatic heterocycles. The van der Waals surface area contributed by atoms with E-state index in [-0.39, 0.29) is 5.69 Å². The maximum absolute atomic E-state index is 11.3. The van der Waals surface area contributed by atoms with Gasteiger partial charge in [-0.05, 0) is 43.3 Å². The van der Waals surface area contributed by atoms with E-state index >= 15 is 0 Å². The zero-order chi connectivity index (χ0) is 19.5. The topological polar surface area (TPSA) is 67.2 Å². The Morgan fingerprint density at radius 1 is 1.00 bits per heavy atom. The lowest BCUT2D eigenvalue weighted by Gasteiger charge is -2.36. The van der Waals surface area contributed by atoms with Crippen molar-refractivity contribution < 1.29 is 0 Å². The van der Waals surface area contributed by atoms with E-state index in [1.165, 1.54) is 0 Å². The number of rotatable bonds is 6. The minimum Gasteiger partial charge on any atom is -0.385 e. The highest BCUT2D eigenvalue weighted by molar-refractivity contribution is 6.43. The number of anilines is 2. The number of hydrogen-bond donors (Lipinski definition) is 3. The van der Waals surface area contributed by atoms with Crippen LogP contribution in [0.1, 0.15) is 6.42 Å². The van der Waals surface area contributed by atoms with Crippen molar-refractivity contribution in [2.75, 3.05) is 49.5 Å². The lowest BCUT2D eigenvalue weighted by atomic mass is 10.2. The molecule has 0 amide bonds. The number of H-pyrrole nitrogens is 2. The lowest BCUT2D eigenvalue weighted by Crippen LogP contribution is -2.47. The summed E-state index contributed by atoms with van der Waals surface area (Å²) in [4.78, 5) is 21.6. The van der Waals surface area contributed by atoms with E-state index in [1.807, 2.05) is 36.4 Å². The monoisotopic (exact) mass is 419 g/mol. The normalized spacial score (nSPS) is 15.3. The Labute approximate surface area is 173 Å². The van der Waals surface area contributed by atoms with Crippen LogP contribution in [0.15, 0.2) is 41.2 Å². The summed E-state index contributed by atoms with van der Waals surface area (Å²) in [6.45, 7) is 5.86. The summed E-state index contributed by atoms with van der Waals surface area (Å²) in [5.41, 5.74) is 3.52. The molecule has 0 aliphatic carbocycles. The number of nitrogens with one attached hydrogen (secondary N) is 3. The van der Waals surface area contributed by atoms with Crippen LogP contribution in [-0.4, -0.2) is 54.1 Å². The Balaban J connectivity index is 1.22. The van der Waals surface area contributed by atoms with Crippen LogP contribution < -0.4 is 15.9 Å². The molecule has 148 valence electrons. The van der Waals surface area contributed by atoms with Crippen molar-refractivity contribution in [3.63, 3.8) is 0 Å². The third-order valence-corrected chi connectivity index (χ3v) is 5.95. The van der Waals surface area contributed by atoms with Crippen LogP contribution in [0.3, 0.4) is 0 Å². The van der Waals surface area contributed by atoms with Crippen molar-refractivity contribution in [1.82, 2.24) is 14.9 Å². The number of hydrogen-bond acceptors (Lipinski definition) is 4. The van der Waals surface area contributed by atoms with E-state index in [2.05, 4.69) is 25.1 Å². The molecular formula is C20H23Cl2N5O. The van der Waals surface area contributed by atoms with Gasteiger partial charge in [-0.15, -0.1) is 0 Å². The number of imidazole rings is 1. The number of benzene rings is 2. The molecule has 1 fully saturated rings. The molecule has 0 saturated carbocycles. The van der Waals surface area contributed by atoms with Gasteiger partial charge in [0.25, 0.3) is 0 Å². The van der Waals surface area contributed by atoms with Crippen LogP contribution in [0.2, 0.25) is 10.0 Å². The number of halogens is 2. The summed E-state index contributed by atoms with van der Waals surface area (Å²) < 4.78 is 0. The van der Waals surface area contributed by atoms with Crippen LogP contribution in [0.4, 0.5) is 11.4 Å². The fourth-order valence-corrected chi connectivity index (χ4v) is 4.04. The third-order valence-electron chi connectivity index (χ3n) is 5.14. The first-order chi connectivity index (χ1) is 13.6. The second kappa shape index (κ2) is 8.47. The van der Waals surface area contributed by atoms with Gasteiger partial charge in [0, 0.05) is 38.4 Å². The Bertz CT molecular complexity index is 1010. The van der Waals surface area contributed by atoms with Gasteiger partial charge in [0.2, 0.25) is 0 Å². The molecule has 8 heteroatoms. The van der Waals surface area contributed by atoms with Crippen molar-refractivity contribution in [3.05, 3.63) is 56.9 Å². The van der Waals surface area contributed by atoms with Gasteiger partial charge in [0.15, 0.2) is 0 Å². The van der Waals surface area contributed by atoms with E-state index in [4.69, 9.17) is 23.2 Å². The molecule has 6 nitrogen and oxygen atoms in total. The molecule has 0 atom stereocenters. The Morgan fingerprint density at radius 3 is 2.61 bits per heavy atom. The summed E-state index contributed by atoms with van der Waals surface area (Å²) in [7, 11) is 0. The standard InChI is InChI=1S/C20H23Cl2N5O/c21-15-3-1-4-18(19(15)22)27-11-9-26(10-12-27)8-2-7-23-14-5-6-16-17(13-14)25-20(28)24-16/h1,3-6,13,23H,2,7-12H2,(H2,24,25,28). The van der Waals surface area contributed by atoms with Crippen molar-refractivity contribution in [2.45, 2.75) is 6.42 Å². The fourth-order valence-electron chi connectivity index (χ4n) is 3.63. The lowest BCUT2D eigenvalue weighted by molar-refractivity contribution is 0.257. The first-order valence-electron chi connectivity index (χ1n) is 9.47. The molecule has 1 aliphatic rings. The molecular weight excluding hydrogens is 397 g/mol. The van der Waals surface area contributed by atoms with E-state index in [9.17, 15) is 4.79 Å². The third kappa shape index (κ3) is 4.29. The van der Waals surface area contributed by atoms with Gasteiger partial charge in [0.05, 0.1) is 26.8 Å². The number of fused-ring (bicyclic) bond motifs is 1. The molecule has 0 spiro atoms. The molecule has 0 bridgehead atoms. The predicted octanol–water partition coefficient (Wildman–Crippen LogP) is 3.79. The van der Waals surface area contributed by atoms with Gasteiger partial charge in [-0.1, -0.05) is 29.3 Å². The quantitative estimate of drug-likeness (QED) is 0.531. The molecule has 3 aromatic rings. The summed E-state index contributed by atoms with van der Waals surface area (Å²) >= 11 is 12.5. The average molecular weight is 420 g/mol. The second-order valence-corrected chi connectivity index (χ2v) is 7.81. The highest BCUT2D eigenvalue weighted by atomic mass is 35.5. The molecule has 0 unspecified atom stereocenters. The molecule has 0 radical (unpaired) electrons. The maximum Gasteiger partial charge on any atom is 0.323 e. The highest BCUT2D eigenvalue weighted by Gasteiger charge is 2.19. The number of aromatic amines is 2. The highest BCUT2D eigenvalue weighted by Crippen LogP contribution is 2.32. The molecule has 1 saturated heterocycles. The number of aromatic nitrogens is 2. The van der Waals surface area contributed by atoms with Crippen LogP contribution >= 0.6 is 23.2 Å². The van der Waals surface area contributed by atoms with Crippen molar-refractivity contribution in [1.29, 1.82) is 0 Å². The number of nitrogens with zero attached hydrogens (tertiary/aromatic N) is 2. The van der Waals surface area contributed by atoms with Gasteiger partial charge in [0.1, 0.15) is 0 Å². The van der Waals surface area contributed by atoms with Crippen LogP contribution in [0, 0.1) is 0 Å². The zero-order valence-electron chi connectivity index (χ0n) is 15.5. The Hall–Kier alpha value is -2.15. The van der Waals surface area contributed by atoms with Gasteiger partial charge in [-0.25, -0.2) is 4.79 Å². The van der Waals surface area contributed by atoms with E-state index in [1.54, 1.807) is 0 Å². The average Bonchev–Trinajstić information content (AvgIpc) is 3.07. The Morgan fingerprint density at radius 2 is 1.79 bits per heavy atom. The van der Waals surface area contributed by atoms with E-state index in [0.717, 1.165) is 68.1 Å². The van der Waals surface area contributed by atoms with E-state index in [0.29, 0.717) is 10.0 Å². The molecule has 1 aromatic heterocycles. The minimum atomic E-state index is -0.176. The first-order valence-corrected chi connectivity index (χ1v) is 10.2. The number of piperazine rings is 1. The summed E-state index contributed by atoms with van der Waals surface area (Å²) in [6.07, 6.45) is 1.06. The SMILES string of the molecule is O=c1[nH]c2ccc(NCCCN3CCN(c4cccc(Cl)c4Cl)CC3)cc2[nH]1. The fraction of sp³-hybridized carbons (Fsp3) is 0.350. The molecule has 4 rings (SSSR count). The largest absolute Gasteiger partial charge is 0.385 e. The van der Waals surface area contributed by atoms with Gasteiger partial charge >= 0.3 is 5.69 Å². The summed E-state index contributed by atoms with van der Waals surface area (Å²) in [5, 5.41) is 4.68. The summed E-state index contributed by atoms with van der Waals surface area (Å²) in [6, 6.07) is 11.7. The molecule has 3 N–H and O–H groups in total. The first kappa shape index (κ1) is 19.2. The molecule has 2 heterocycles. The van der Waals surface area contributed by atoms with Crippen LogP contribution in [0.25, 0.3) is 11.0 Å². The Kier molecular flexibility index (Phi) is 5.80. The minimum absolute atomic E-state index is 0.176. The van der Waals surface area contributed by atoms with Crippen molar-refractivity contribution in [2.24, 2.45) is 0 Å². The van der Waals surface area contributed by atoms with Crippen LogP contribution in [0.5, 0.6) is 0 Å². The molecule has 28 heavy (non-hydrogen) atoms. The van der Waals surface area contributed by atoms with Gasteiger partial charge < -0.3 is 20.2 Å². The van der Waals surface area contributed by atoms with Gasteiger partial charge in [-0.2, -0.15) is 0 Å².